The molecule has 2 aliphatic heterocycles. The highest BCUT2D eigenvalue weighted by Crippen LogP contribution is 2.46. The molecule has 0 aromatic heterocycles. The number of rotatable bonds is 6. The number of likely N-dealkylation sites (tertiary alicyclic amines) is 1. The van der Waals surface area contributed by atoms with Gasteiger partial charge in [0.05, 0.1) is 4.90 Å². The molecule has 6 rings (SSSR count). The van der Waals surface area contributed by atoms with Crippen LogP contribution in [-0.2, 0) is 20.2 Å². The first-order valence-corrected chi connectivity index (χ1v) is 14.5. The third-order valence-corrected chi connectivity index (χ3v) is 9.14. The molecule has 1 amide bonds. The molecule has 6 nitrogen and oxygen atoms in total. The quantitative estimate of drug-likeness (QED) is 0.388. The molecule has 2 aliphatic rings. The summed E-state index contributed by atoms with van der Waals surface area (Å²) in [4.78, 5) is 16.9. The molecule has 0 saturated carbocycles. The molecule has 4 aromatic carbocycles. The second kappa shape index (κ2) is 9.89. The Hall–Kier alpha value is -3.68. The Morgan fingerprint density at radius 3 is 2.37 bits per heavy atom. The predicted octanol–water partition coefficient (Wildman–Crippen LogP) is 4.88. The highest BCUT2D eigenvalue weighted by molar-refractivity contribution is 7.90. The molecular weight excluding hydrogens is 496 g/mol. The summed E-state index contributed by atoms with van der Waals surface area (Å²) in [6.45, 7) is 2.69. The molecule has 2 heterocycles. The zero-order valence-electron chi connectivity index (χ0n) is 21.0. The van der Waals surface area contributed by atoms with Crippen molar-refractivity contribution in [1.29, 1.82) is 0 Å². The first-order valence-electron chi connectivity index (χ1n) is 13.1. The first-order chi connectivity index (χ1) is 18.5. The van der Waals surface area contributed by atoms with E-state index < -0.39 is 21.3 Å². The molecule has 7 heteroatoms. The van der Waals surface area contributed by atoms with Gasteiger partial charge in [-0.1, -0.05) is 84.9 Å². The molecule has 0 bridgehead atoms. The Bertz CT molecular complexity index is 1580. The van der Waals surface area contributed by atoms with E-state index in [0.717, 1.165) is 36.9 Å². The van der Waals surface area contributed by atoms with Crippen LogP contribution < -0.4 is 9.46 Å². The van der Waals surface area contributed by atoms with Gasteiger partial charge in [-0.25, -0.2) is 13.1 Å². The normalized spacial score (nSPS) is 21.5. The van der Waals surface area contributed by atoms with E-state index in [1.807, 2.05) is 72.8 Å². The van der Waals surface area contributed by atoms with Gasteiger partial charge in [0, 0.05) is 23.9 Å². The average molecular weight is 527 g/mol. The van der Waals surface area contributed by atoms with Crippen LogP contribution in [0.5, 0.6) is 5.75 Å². The maximum atomic E-state index is 14.4. The smallest absolute Gasteiger partial charge is 0.264 e. The summed E-state index contributed by atoms with van der Waals surface area (Å²) < 4.78 is 36.5. The standard InChI is InChI=1S/C31H30N2O4S/c34-30(32-38(35,36)29-18-10-12-23-11-4-5-15-26(23)29)31(24-13-2-1-3-14-24)21-25(22-33-19-8-9-20-33)37-28-17-7-6-16-27(28)31/h1-7,10-18,25H,8-9,19-22H2,(H,32,34). The summed E-state index contributed by atoms with van der Waals surface area (Å²) in [6.07, 6.45) is 2.36. The average Bonchev–Trinajstić information content (AvgIpc) is 3.45. The van der Waals surface area contributed by atoms with Crippen molar-refractivity contribution in [3.63, 3.8) is 0 Å². The molecule has 0 spiro atoms. The lowest BCUT2D eigenvalue weighted by Gasteiger charge is -2.42. The van der Waals surface area contributed by atoms with E-state index in [0.29, 0.717) is 29.7 Å². The second-order valence-electron chi connectivity index (χ2n) is 10.1. The molecule has 1 N–H and O–H groups in total. The van der Waals surface area contributed by atoms with Crippen molar-refractivity contribution < 1.29 is 17.9 Å². The SMILES string of the molecule is O=C(NS(=O)(=O)c1cccc2ccccc12)C1(c2ccccc2)CC(CN2CCCC2)Oc2ccccc21. The van der Waals surface area contributed by atoms with Gasteiger partial charge in [-0.05, 0) is 49.0 Å². The van der Waals surface area contributed by atoms with Crippen molar-refractivity contribution in [2.75, 3.05) is 19.6 Å². The van der Waals surface area contributed by atoms with Gasteiger partial charge in [0.25, 0.3) is 10.0 Å². The van der Waals surface area contributed by atoms with Crippen LogP contribution in [0.3, 0.4) is 0 Å². The van der Waals surface area contributed by atoms with Crippen LogP contribution in [0, 0.1) is 0 Å². The van der Waals surface area contributed by atoms with Crippen molar-refractivity contribution >= 4 is 26.7 Å². The minimum absolute atomic E-state index is 0.0844. The summed E-state index contributed by atoms with van der Waals surface area (Å²) >= 11 is 0. The molecule has 194 valence electrons. The van der Waals surface area contributed by atoms with Crippen molar-refractivity contribution in [2.24, 2.45) is 0 Å². The van der Waals surface area contributed by atoms with Gasteiger partial charge in [-0.3, -0.25) is 9.69 Å². The number of hydrogen-bond donors (Lipinski definition) is 1. The molecule has 38 heavy (non-hydrogen) atoms. The molecular formula is C31H30N2O4S. The van der Waals surface area contributed by atoms with Gasteiger partial charge < -0.3 is 4.74 Å². The number of amides is 1. The number of ether oxygens (including phenoxy) is 1. The number of nitrogens with one attached hydrogen (secondary N) is 1. The first kappa shape index (κ1) is 24.6. The van der Waals surface area contributed by atoms with E-state index in [9.17, 15) is 13.2 Å². The largest absolute Gasteiger partial charge is 0.489 e. The van der Waals surface area contributed by atoms with Crippen LogP contribution in [0.1, 0.15) is 30.4 Å². The summed E-state index contributed by atoms with van der Waals surface area (Å²) in [5, 5.41) is 1.37. The number of benzene rings is 4. The van der Waals surface area contributed by atoms with Crippen molar-refractivity contribution in [3.05, 3.63) is 108 Å². The Morgan fingerprint density at radius 1 is 0.868 bits per heavy atom. The van der Waals surface area contributed by atoms with E-state index in [2.05, 4.69) is 9.62 Å². The zero-order valence-corrected chi connectivity index (χ0v) is 21.9. The minimum atomic E-state index is -4.17. The number of nitrogens with zero attached hydrogens (tertiary/aromatic N) is 1. The van der Waals surface area contributed by atoms with E-state index in [1.54, 1.807) is 24.3 Å². The lowest BCUT2D eigenvalue weighted by atomic mass is 9.68. The van der Waals surface area contributed by atoms with Crippen LogP contribution in [0.15, 0.2) is 102 Å². The molecule has 0 aliphatic carbocycles. The lowest BCUT2D eigenvalue weighted by Crippen LogP contribution is -2.53. The number of carbonyl (C=O) groups is 1. The Kier molecular flexibility index (Phi) is 6.41. The predicted molar refractivity (Wildman–Crippen MR) is 148 cm³/mol. The van der Waals surface area contributed by atoms with Crippen molar-refractivity contribution in [2.45, 2.75) is 35.7 Å². The molecule has 4 aromatic rings. The van der Waals surface area contributed by atoms with Crippen molar-refractivity contribution in [3.8, 4) is 5.75 Å². The maximum absolute atomic E-state index is 14.4. The fourth-order valence-corrected chi connectivity index (χ4v) is 7.25. The van der Waals surface area contributed by atoms with Gasteiger partial charge >= 0.3 is 0 Å². The number of para-hydroxylation sites is 1. The topological polar surface area (TPSA) is 75.7 Å². The fraction of sp³-hybridized carbons (Fsp3) is 0.258. The van der Waals surface area contributed by atoms with Gasteiger partial charge in [0.1, 0.15) is 17.3 Å². The summed E-state index contributed by atoms with van der Waals surface area (Å²) in [7, 11) is -4.17. The van der Waals surface area contributed by atoms with Crippen LogP contribution in [-0.4, -0.2) is 45.0 Å². The van der Waals surface area contributed by atoms with E-state index in [4.69, 9.17) is 4.74 Å². The summed E-state index contributed by atoms with van der Waals surface area (Å²) in [5.74, 6) is 0.0447. The molecule has 1 saturated heterocycles. The zero-order chi connectivity index (χ0) is 26.2. The van der Waals surface area contributed by atoms with E-state index >= 15 is 0 Å². The Morgan fingerprint density at radius 2 is 1.55 bits per heavy atom. The third-order valence-electron chi connectivity index (χ3n) is 7.76. The Balaban J connectivity index is 1.45. The van der Waals surface area contributed by atoms with Gasteiger partial charge in [0.15, 0.2) is 0 Å². The minimum Gasteiger partial charge on any atom is -0.489 e. The lowest BCUT2D eigenvalue weighted by molar-refractivity contribution is -0.125. The van der Waals surface area contributed by atoms with Gasteiger partial charge in [0.2, 0.25) is 5.91 Å². The summed E-state index contributed by atoms with van der Waals surface area (Å²) in [6, 6.07) is 29.4. The maximum Gasteiger partial charge on any atom is 0.264 e. The van der Waals surface area contributed by atoms with Crippen molar-refractivity contribution in [1.82, 2.24) is 9.62 Å². The number of carbonyl (C=O) groups excluding carboxylic acids is 1. The monoisotopic (exact) mass is 526 g/mol. The third kappa shape index (κ3) is 4.36. The highest BCUT2D eigenvalue weighted by Gasteiger charge is 2.50. The van der Waals surface area contributed by atoms with E-state index in [-0.39, 0.29) is 11.0 Å². The number of fused-ring (bicyclic) bond motifs is 2. The molecule has 1 fully saturated rings. The molecule has 2 unspecified atom stereocenters. The second-order valence-corrected chi connectivity index (χ2v) is 11.8. The fourth-order valence-electron chi connectivity index (χ4n) is 5.99. The van der Waals surface area contributed by atoms with Crippen LogP contribution in [0.4, 0.5) is 0 Å². The highest BCUT2D eigenvalue weighted by atomic mass is 32.2. The van der Waals surface area contributed by atoms with Gasteiger partial charge in [-0.2, -0.15) is 0 Å². The van der Waals surface area contributed by atoms with E-state index in [1.165, 1.54) is 0 Å². The van der Waals surface area contributed by atoms with Crippen LogP contribution in [0.25, 0.3) is 10.8 Å². The number of sulfonamides is 1. The number of hydrogen-bond acceptors (Lipinski definition) is 5. The van der Waals surface area contributed by atoms with Crippen LogP contribution >= 0.6 is 0 Å². The van der Waals surface area contributed by atoms with Gasteiger partial charge in [-0.15, -0.1) is 0 Å². The Labute approximate surface area is 223 Å². The summed E-state index contributed by atoms with van der Waals surface area (Å²) in [5.41, 5.74) is 0.181. The molecule has 2 atom stereocenters. The van der Waals surface area contributed by atoms with Crippen LogP contribution in [0.2, 0.25) is 0 Å². The molecule has 0 radical (unpaired) electrons.